The lowest BCUT2D eigenvalue weighted by atomic mass is 10.1. The fourth-order valence-corrected chi connectivity index (χ4v) is 3.89. The molecule has 0 bridgehead atoms. The van der Waals surface area contributed by atoms with Crippen LogP contribution in [0, 0.1) is 14.1 Å². The van der Waals surface area contributed by atoms with Gasteiger partial charge in [-0.25, -0.2) is 9.79 Å². The molecule has 0 aromatic heterocycles. The van der Waals surface area contributed by atoms with Gasteiger partial charge in [-0.05, 0) is 120 Å². The first kappa shape index (κ1) is 23.1. The summed E-state index contributed by atoms with van der Waals surface area (Å²) in [5.74, 6) is 1.23. The maximum absolute atomic E-state index is 12.4. The van der Waals surface area contributed by atoms with Gasteiger partial charge in [-0.2, -0.15) is 0 Å². The zero-order valence-corrected chi connectivity index (χ0v) is 21.6. The van der Waals surface area contributed by atoms with Gasteiger partial charge in [-0.1, -0.05) is 6.92 Å². The summed E-state index contributed by atoms with van der Waals surface area (Å²) in [6, 6.07) is 9.67. The van der Waals surface area contributed by atoms with E-state index in [4.69, 9.17) is 14.2 Å². The van der Waals surface area contributed by atoms with Gasteiger partial charge in [0.05, 0.1) is 16.3 Å². The summed E-state index contributed by atoms with van der Waals surface area (Å²) < 4.78 is 19.3. The number of benzene rings is 2. The van der Waals surface area contributed by atoms with E-state index in [1.165, 1.54) is 0 Å². The van der Waals surface area contributed by atoms with E-state index in [1.54, 1.807) is 6.08 Å². The van der Waals surface area contributed by atoms with Gasteiger partial charge in [0.15, 0.2) is 17.2 Å². The first-order valence-electron chi connectivity index (χ1n) is 9.74. The molecule has 0 amide bonds. The van der Waals surface area contributed by atoms with Crippen molar-refractivity contribution in [3.63, 3.8) is 0 Å². The average molecular weight is 631 g/mol. The number of rotatable bonds is 7. The van der Waals surface area contributed by atoms with Gasteiger partial charge in [0.2, 0.25) is 5.90 Å². The Morgan fingerprint density at radius 2 is 1.93 bits per heavy atom. The normalized spacial score (nSPS) is 15.7. The standard InChI is InChI=1S/C23H23I2NO4/c1-5-14(4)29-21-18(25)10-15(12-20(21)28-6-2)11-19-23(27)30-22(26-19)16-7-8-17(24)13(3)9-16/h7-12,14H,5-6H2,1-4H3/b19-11-. The highest BCUT2D eigenvalue weighted by atomic mass is 127. The number of aryl methyl sites for hydroxylation is 1. The van der Waals surface area contributed by atoms with Crippen LogP contribution >= 0.6 is 45.2 Å². The van der Waals surface area contributed by atoms with E-state index in [2.05, 4.69) is 57.1 Å². The SMILES string of the molecule is CCOc1cc(/C=C2\N=C(c3ccc(I)c(C)c3)OC2=O)cc(I)c1OC(C)CC. The maximum Gasteiger partial charge on any atom is 0.363 e. The minimum Gasteiger partial charge on any atom is -0.490 e. The Morgan fingerprint density at radius 3 is 2.60 bits per heavy atom. The van der Waals surface area contributed by atoms with E-state index in [1.807, 2.05) is 51.1 Å². The van der Waals surface area contributed by atoms with Crippen LogP contribution in [0.4, 0.5) is 0 Å². The molecular weight excluding hydrogens is 608 g/mol. The zero-order chi connectivity index (χ0) is 21.8. The van der Waals surface area contributed by atoms with Crippen LogP contribution < -0.4 is 9.47 Å². The molecule has 1 atom stereocenters. The minimum atomic E-state index is -0.464. The quantitative estimate of drug-likeness (QED) is 0.210. The number of hydrogen-bond donors (Lipinski definition) is 0. The topological polar surface area (TPSA) is 57.1 Å². The molecule has 1 heterocycles. The summed E-state index contributed by atoms with van der Waals surface area (Å²) in [4.78, 5) is 16.8. The molecule has 2 aromatic carbocycles. The molecule has 2 aromatic rings. The molecule has 0 radical (unpaired) electrons. The van der Waals surface area contributed by atoms with Crippen LogP contribution in [0.2, 0.25) is 0 Å². The minimum absolute atomic E-state index is 0.0799. The summed E-state index contributed by atoms with van der Waals surface area (Å²) in [7, 11) is 0. The Kier molecular flexibility index (Phi) is 7.78. The lowest BCUT2D eigenvalue weighted by molar-refractivity contribution is -0.129. The molecular formula is C23H23I2NO4. The van der Waals surface area contributed by atoms with E-state index >= 15 is 0 Å². The van der Waals surface area contributed by atoms with Crippen molar-refractivity contribution >= 4 is 63.1 Å². The fourth-order valence-electron chi connectivity index (χ4n) is 2.80. The van der Waals surface area contributed by atoms with Gasteiger partial charge >= 0.3 is 5.97 Å². The summed E-state index contributed by atoms with van der Waals surface area (Å²) in [5, 5.41) is 0. The fraction of sp³-hybridized carbons (Fsp3) is 0.304. The predicted molar refractivity (Wildman–Crippen MR) is 135 cm³/mol. The van der Waals surface area contributed by atoms with Crippen molar-refractivity contribution in [2.75, 3.05) is 6.61 Å². The molecule has 30 heavy (non-hydrogen) atoms. The van der Waals surface area contributed by atoms with Gasteiger partial charge in [-0.3, -0.25) is 0 Å². The molecule has 3 rings (SSSR count). The summed E-state index contributed by atoms with van der Waals surface area (Å²) in [6.07, 6.45) is 2.69. The molecule has 7 heteroatoms. The number of nitrogens with zero attached hydrogens (tertiary/aromatic N) is 1. The largest absolute Gasteiger partial charge is 0.490 e. The van der Waals surface area contributed by atoms with Crippen molar-refractivity contribution in [3.05, 3.63) is 59.9 Å². The van der Waals surface area contributed by atoms with Crippen molar-refractivity contribution in [1.29, 1.82) is 0 Å². The number of aliphatic imine (C=N–C) groups is 1. The van der Waals surface area contributed by atoms with Crippen LogP contribution in [0.1, 0.15) is 43.9 Å². The number of hydrogen-bond acceptors (Lipinski definition) is 5. The molecule has 1 aliphatic heterocycles. The second-order valence-corrected chi connectivity index (χ2v) is 9.22. The lowest BCUT2D eigenvalue weighted by Crippen LogP contribution is -2.12. The molecule has 0 spiro atoms. The smallest absolute Gasteiger partial charge is 0.363 e. The van der Waals surface area contributed by atoms with Gasteiger partial charge in [0.25, 0.3) is 0 Å². The third-order valence-electron chi connectivity index (χ3n) is 4.55. The monoisotopic (exact) mass is 631 g/mol. The third kappa shape index (κ3) is 5.35. The van der Waals surface area contributed by atoms with Crippen molar-refractivity contribution in [3.8, 4) is 11.5 Å². The van der Waals surface area contributed by atoms with E-state index in [-0.39, 0.29) is 11.8 Å². The van der Waals surface area contributed by atoms with Gasteiger partial charge < -0.3 is 14.2 Å². The Hall–Kier alpha value is -1.62. The molecule has 0 aliphatic carbocycles. The summed E-state index contributed by atoms with van der Waals surface area (Å²) in [5.41, 5.74) is 2.95. The number of carbonyl (C=O) groups excluding carboxylic acids is 1. The Morgan fingerprint density at radius 1 is 1.17 bits per heavy atom. The molecule has 0 saturated carbocycles. The highest BCUT2D eigenvalue weighted by molar-refractivity contribution is 14.1. The van der Waals surface area contributed by atoms with Gasteiger partial charge in [0.1, 0.15) is 0 Å². The maximum atomic E-state index is 12.4. The Bertz CT molecular complexity index is 1030. The summed E-state index contributed by atoms with van der Waals surface area (Å²) >= 11 is 4.50. The van der Waals surface area contributed by atoms with Crippen molar-refractivity contribution in [1.82, 2.24) is 0 Å². The molecule has 0 saturated heterocycles. The second-order valence-electron chi connectivity index (χ2n) is 6.90. The lowest BCUT2D eigenvalue weighted by Gasteiger charge is -2.18. The Labute approximate surface area is 204 Å². The van der Waals surface area contributed by atoms with Crippen molar-refractivity contribution in [2.45, 2.75) is 40.2 Å². The van der Waals surface area contributed by atoms with E-state index < -0.39 is 5.97 Å². The number of halogens is 2. The first-order chi connectivity index (χ1) is 14.3. The van der Waals surface area contributed by atoms with Gasteiger partial charge in [-0.15, -0.1) is 0 Å². The average Bonchev–Trinajstić information content (AvgIpc) is 3.07. The molecule has 0 fully saturated rings. The molecule has 1 unspecified atom stereocenters. The van der Waals surface area contributed by atoms with Gasteiger partial charge in [0, 0.05) is 9.13 Å². The molecule has 1 aliphatic rings. The number of esters is 1. The Balaban J connectivity index is 1.96. The van der Waals surface area contributed by atoms with Crippen molar-refractivity contribution < 1.29 is 19.0 Å². The van der Waals surface area contributed by atoms with E-state index in [9.17, 15) is 4.79 Å². The highest BCUT2D eigenvalue weighted by Gasteiger charge is 2.25. The van der Waals surface area contributed by atoms with E-state index in [0.717, 1.165) is 36.0 Å². The number of carbonyl (C=O) groups is 1. The highest BCUT2D eigenvalue weighted by Crippen LogP contribution is 2.36. The van der Waals surface area contributed by atoms with Crippen LogP contribution in [-0.4, -0.2) is 24.6 Å². The van der Waals surface area contributed by atoms with Crippen LogP contribution in [0.15, 0.2) is 41.0 Å². The molecule has 0 N–H and O–H groups in total. The summed E-state index contributed by atoms with van der Waals surface area (Å²) in [6.45, 7) is 8.56. The molecule has 158 valence electrons. The van der Waals surface area contributed by atoms with Crippen molar-refractivity contribution in [2.24, 2.45) is 4.99 Å². The second kappa shape index (κ2) is 10.1. The number of cyclic esters (lactones) is 1. The van der Waals surface area contributed by atoms with Crippen LogP contribution in [0.3, 0.4) is 0 Å². The van der Waals surface area contributed by atoms with Crippen LogP contribution in [0.25, 0.3) is 6.08 Å². The van der Waals surface area contributed by atoms with E-state index in [0.29, 0.717) is 18.3 Å². The third-order valence-corrected chi connectivity index (χ3v) is 6.57. The number of ether oxygens (including phenoxy) is 3. The zero-order valence-electron chi connectivity index (χ0n) is 17.3. The van der Waals surface area contributed by atoms with Crippen LogP contribution in [0.5, 0.6) is 11.5 Å². The predicted octanol–water partition coefficient (Wildman–Crippen LogP) is 6.12. The van der Waals surface area contributed by atoms with Crippen LogP contribution in [-0.2, 0) is 9.53 Å². The molecule has 5 nitrogen and oxygen atoms in total. The first-order valence-corrected chi connectivity index (χ1v) is 11.9.